The SMILES string of the molecule is Cc1nc(-c2nnn(C)c2CNC(=O)OC2CC3(CC3)C2)c(F)cc1O[C@H]1CCC[C@H](C(=O)O)C1. The molecule has 2 N–H and O–H groups in total. The number of nitrogens with zero attached hydrogens (tertiary/aromatic N) is 4. The molecule has 2 atom stereocenters. The van der Waals surface area contributed by atoms with Gasteiger partial charge >= 0.3 is 12.1 Å². The molecule has 3 aliphatic rings. The average Bonchev–Trinajstić information content (AvgIpc) is 3.51. The lowest BCUT2D eigenvalue weighted by atomic mass is 9.79. The Morgan fingerprint density at radius 2 is 2.03 bits per heavy atom. The molecular weight excluding hydrogens is 457 g/mol. The van der Waals surface area contributed by atoms with Crippen LogP contribution in [0.5, 0.6) is 5.75 Å². The zero-order valence-corrected chi connectivity index (χ0v) is 19.9. The van der Waals surface area contributed by atoms with Crippen LogP contribution in [0.3, 0.4) is 0 Å². The maximum absolute atomic E-state index is 15.1. The summed E-state index contributed by atoms with van der Waals surface area (Å²) in [6.45, 7) is 1.76. The number of carbonyl (C=O) groups excluding carboxylic acids is 1. The van der Waals surface area contributed by atoms with Crippen molar-refractivity contribution in [3.8, 4) is 17.1 Å². The first-order valence-corrected chi connectivity index (χ1v) is 12.1. The summed E-state index contributed by atoms with van der Waals surface area (Å²) in [6, 6.07) is 1.26. The first-order chi connectivity index (χ1) is 16.7. The Morgan fingerprint density at radius 3 is 2.74 bits per heavy atom. The molecule has 0 unspecified atom stereocenters. The van der Waals surface area contributed by atoms with Gasteiger partial charge in [0.05, 0.1) is 30.0 Å². The van der Waals surface area contributed by atoms with Crippen LogP contribution in [0.4, 0.5) is 9.18 Å². The van der Waals surface area contributed by atoms with Crippen LogP contribution in [-0.2, 0) is 23.1 Å². The van der Waals surface area contributed by atoms with Crippen LogP contribution in [-0.4, -0.2) is 49.4 Å². The van der Waals surface area contributed by atoms with Crippen molar-refractivity contribution >= 4 is 12.1 Å². The Morgan fingerprint density at radius 1 is 1.26 bits per heavy atom. The van der Waals surface area contributed by atoms with Gasteiger partial charge in [0.2, 0.25) is 0 Å². The predicted molar refractivity (Wildman–Crippen MR) is 121 cm³/mol. The molecule has 0 aliphatic heterocycles. The molecule has 10 nitrogen and oxygen atoms in total. The van der Waals surface area contributed by atoms with Crippen molar-refractivity contribution in [2.24, 2.45) is 18.4 Å². The summed E-state index contributed by atoms with van der Waals surface area (Å²) < 4.78 is 28.0. The summed E-state index contributed by atoms with van der Waals surface area (Å²) in [5.41, 5.74) is 1.63. The van der Waals surface area contributed by atoms with Gasteiger partial charge in [0.25, 0.3) is 0 Å². The number of aromatic nitrogens is 4. The molecule has 0 aromatic carbocycles. The van der Waals surface area contributed by atoms with E-state index < -0.39 is 23.8 Å². The van der Waals surface area contributed by atoms with Crippen molar-refractivity contribution in [1.29, 1.82) is 0 Å². The second-order valence-electron chi connectivity index (χ2n) is 10.1. The molecule has 2 aromatic rings. The van der Waals surface area contributed by atoms with Crippen molar-refractivity contribution in [2.45, 2.75) is 77.0 Å². The van der Waals surface area contributed by atoms with Gasteiger partial charge in [0, 0.05) is 13.1 Å². The number of carboxylic acid groups (broad SMARTS) is 1. The van der Waals surface area contributed by atoms with E-state index in [9.17, 15) is 14.7 Å². The number of alkyl carbamates (subject to hydrolysis) is 1. The number of pyridine rings is 1. The van der Waals surface area contributed by atoms with Crippen molar-refractivity contribution in [3.05, 3.63) is 23.3 Å². The zero-order valence-electron chi connectivity index (χ0n) is 19.9. The maximum atomic E-state index is 15.1. The number of carboxylic acids is 1. The van der Waals surface area contributed by atoms with E-state index in [0.29, 0.717) is 36.1 Å². The molecule has 2 heterocycles. The molecule has 1 amide bonds. The van der Waals surface area contributed by atoms with Crippen LogP contribution >= 0.6 is 0 Å². The number of amides is 1. The minimum Gasteiger partial charge on any atom is -0.488 e. The maximum Gasteiger partial charge on any atom is 0.407 e. The van der Waals surface area contributed by atoms with E-state index in [-0.39, 0.29) is 35.9 Å². The van der Waals surface area contributed by atoms with Crippen LogP contribution in [0.1, 0.15) is 62.8 Å². The third-order valence-electron chi connectivity index (χ3n) is 7.51. The highest BCUT2D eigenvalue weighted by molar-refractivity contribution is 5.70. The van der Waals surface area contributed by atoms with Crippen molar-refractivity contribution < 1.29 is 28.6 Å². The highest BCUT2D eigenvalue weighted by Crippen LogP contribution is 2.61. The van der Waals surface area contributed by atoms with Crippen LogP contribution in [0, 0.1) is 24.1 Å². The van der Waals surface area contributed by atoms with Gasteiger partial charge in [-0.3, -0.25) is 4.79 Å². The number of ether oxygens (including phenoxy) is 2. The molecule has 0 saturated heterocycles. The number of carbonyl (C=O) groups is 2. The minimum atomic E-state index is -0.832. The molecule has 0 radical (unpaired) electrons. The summed E-state index contributed by atoms with van der Waals surface area (Å²) in [5, 5.41) is 20.1. The first kappa shape index (κ1) is 23.5. The number of aliphatic carboxylic acids is 1. The van der Waals surface area contributed by atoms with E-state index in [1.165, 1.54) is 23.6 Å². The Balaban J connectivity index is 1.25. The highest BCUT2D eigenvalue weighted by atomic mass is 19.1. The molecule has 3 saturated carbocycles. The Labute approximate surface area is 202 Å². The van der Waals surface area contributed by atoms with Crippen molar-refractivity contribution in [2.75, 3.05) is 0 Å². The van der Waals surface area contributed by atoms with E-state index in [2.05, 4.69) is 20.6 Å². The topological polar surface area (TPSA) is 128 Å². The summed E-state index contributed by atoms with van der Waals surface area (Å²) in [7, 11) is 1.66. The molecule has 1 spiro atoms. The number of nitrogens with one attached hydrogen (secondary N) is 1. The summed E-state index contributed by atoms with van der Waals surface area (Å²) in [4.78, 5) is 27.9. The molecule has 5 rings (SSSR count). The lowest BCUT2D eigenvalue weighted by Crippen LogP contribution is -2.38. The molecule has 3 fully saturated rings. The lowest BCUT2D eigenvalue weighted by molar-refractivity contribution is -0.143. The third kappa shape index (κ3) is 4.94. The van der Waals surface area contributed by atoms with Crippen LogP contribution in [0.15, 0.2) is 6.07 Å². The quantitative estimate of drug-likeness (QED) is 0.607. The van der Waals surface area contributed by atoms with E-state index >= 15 is 4.39 Å². The van der Waals surface area contributed by atoms with E-state index in [1.54, 1.807) is 14.0 Å². The lowest BCUT2D eigenvalue weighted by Gasteiger charge is -2.34. The molecule has 2 aromatic heterocycles. The molecule has 0 bridgehead atoms. The van der Waals surface area contributed by atoms with Gasteiger partial charge < -0.3 is 19.9 Å². The Hall–Kier alpha value is -3.24. The Bertz CT molecular complexity index is 1140. The number of rotatable bonds is 7. The summed E-state index contributed by atoms with van der Waals surface area (Å²) in [6.07, 6.45) is 5.92. The minimum absolute atomic E-state index is 0.00911. The van der Waals surface area contributed by atoms with E-state index in [4.69, 9.17) is 9.47 Å². The smallest absolute Gasteiger partial charge is 0.407 e. The molecule has 3 aliphatic carbocycles. The monoisotopic (exact) mass is 487 g/mol. The number of hydrogen-bond acceptors (Lipinski definition) is 7. The van der Waals surface area contributed by atoms with Crippen molar-refractivity contribution in [3.63, 3.8) is 0 Å². The normalized spacial score (nSPS) is 22.9. The molecule has 188 valence electrons. The van der Waals surface area contributed by atoms with Gasteiger partial charge in [0.1, 0.15) is 23.2 Å². The van der Waals surface area contributed by atoms with Gasteiger partial charge in [-0.2, -0.15) is 0 Å². The fourth-order valence-corrected chi connectivity index (χ4v) is 5.19. The average molecular weight is 488 g/mol. The van der Waals surface area contributed by atoms with Gasteiger partial charge in [-0.15, -0.1) is 5.10 Å². The zero-order chi connectivity index (χ0) is 24.7. The molecule has 11 heteroatoms. The fourth-order valence-electron chi connectivity index (χ4n) is 5.19. The van der Waals surface area contributed by atoms with Crippen LogP contribution in [0.2, 0.25) is 0 Å². The summed E-state index contributed by atoms with van der Waals surface area (Å²) >= 11 is 0. The van der Waals surface area contributed by atoms with Crippen LogP contribution < -0.4 is 10.1 Å². The highest BCUT2D eigenvalue weighted by Gasteiger charge is 2.54. The standard InChI is InChI=1S/C24H30FN5O5/c1-13-19(34-15-5-3-4-14(8-15)22(31)32)9-17(25)20(27-13)21-18(30(2)29-28-21)12-26-23(33)35-16-10-24(11-16)6-7-24/h9,14-16H,3-8,10-12H2,1-2H3,(H,26,33)(H,31,32)/t14-,15-/m0/s1. The van der Waals surface area contributed by atoms with Gasteiger partial charge in [-0.1, -0.05) is 5.21 Å². The number of aryl methyl sites for hydroxylation is 2. The molecular formula is C24H30FN5O5. The molecule has 35 heavy (non-hydrogen) atoms. The number of hydrogen-bond donors (Lipinski definition) is 2. The van der Waals surface area contributed by atoms with Gasteiger partial charge in [-0.05, 0) is 63.7 Å². The number of halogens is 1. The van der Waals surface area contributed by atoms with E-state index in [1.807, 2.05) is 0 Å². The summed E-state index contributed by atoms with van der Waals surface area (Å²) in [5.74, 6) is -1.64. The fraction of sp³-hybridized carbons (Fsp3) is 0.625. The Kier molecular flexibility index (Phi) is 6.10. The third-order valence-corrected chi connectivity index (χ3v) is 7.51. The van der Waals surface area contributed by atoms with Crippen molar-refractivity contribution in [1.82, 2.24) is 25.3 Å². The van der Waals surface area contributed by atoms with E-state index in [0.717, 1.165) is 19.3 Å². The second-order valence-corrected chi connectivity index (χ2v) is 10.1. The first-order valence-electron chi connectivity index (χ1n) is 12.1. The van der Waals surface area contributed by atoms with Gasteiger partial charge in [-0.25, -0.2) is 18.9 Å². The second kappa shape index (κ2) is 9.09. The van der Waals surface area contributed by atoms with Gasteiger partial charge in [0.15, 0.2) is 5.82 Å². The predicted octanol–water partition coefficient (Wildman–Crippen LogP) is 3.52. The largest absolute Gasteiger partial charge is 0.488 e. The van der Waals surface area contributed by atoms with Crippen LogP contribution in [0.25, 0.3) is 11.4 Å².